The van der Waals surface area contributed by atoms with Gasteiger partial charge >= 0.3 is 6.18 Å². The first-order chi connectivity index (χ1) is 9.32. The van der Waals surface area contributed by atoms with Gasteiger partial charge in [-0.05, 0) is 17.3 Å². The number of nitro groups is 1. The van der Waals surface area contributed by atoms with Gasteiger partial charge in [-0.3, -0.25) is 10.1 Å². The van der Waals surface area contributed by atoms with Gasteiger partial charge in [0.05, 0.1) is 10.5 Å². The lowest BCUT2D eigenvalue weighted by atomic mass is 10.1. The summed E-state index contributed by atoms with van der Waals surface area (Å²) in [5.74, 6) is -0.177. The molecule has 0 unspecified atom stereocenters. The third-order valence-corrected chi connectivity index (χ3v) is 2.40. The van der Waals surface area contributed by atoms with Crippen LogP contribution in [-0.2, 0) is 6.18 Å². The summed E-state index contributed by atoms with van der Waals surface area (Å²) in [7, 11) is 1.50. The maximum atomic E-state index is 12.5. The van der Waals surface area contributed by atoms with Crippen LogP contribution >= 0.6 is 0 Å². The van der Waals surface area contributed by atoms with Gasteiger partial charge < -0.3 is 9.84 Å². The molecule has 0 spiro atoms. The highest BCUT2D eigenvalue weighted by atomic mass is 19.4. The molecule has 0 radical (unpaired) electrons. The lowest BCUT2D eigenvalue weighted by Gasteiger charge is -2.06. The Hall–Kier alpha value is -2.65. The van der Waals surface area contributed by atoms with Crippen molar-refractivity contribution in [3.05, 3.63) is 33.9 Å². The molecule has 0 saturated heterocycles. The highest BCUT2D eigenvalue weighted by molar-refractivity contribution is 5.68. The summed E-state index contributed by atoms with van der Waals surface area (Å²) < 4.78 is 42.4. The summed E-state index contributed by atoms with van der Waals surface area (Å²) in [6, 6.07) is 2.07. The van der Waals surface area contributed by atoms with Crippen molar-refractivity contribution in [3.8, 4) is 11.5 Å². The highest BCUT2D eigenvalue weighted by Crippen LogP contribution is 2.36. The van der Waals surface area contributed by atoms with Crippen molar-refractivity contribution >= 4 is 11.6 Å². The molecule has 0 fully saturated rings. The number of nitrogens with zero attached hydrogens (tertiary/aromatic N) is 3. The molecular weight excluding hydrogens is 281 g/mol. The van der Waals surface area contributed by atoms with E-state index in [1.807, 2.05) is 0 Å². The van der Waals surface area contributed by atoms with E-state index in [2.05, 4.69) is 15.5 Å². The lowest BCUT2D eigenvalue weighted by Crippen LogP contribution is -2.06. The third kappa shape index (κ3) is 2.53. The van der Waals surface area contributed by atoms with Gasteiger partial charge in [0.1, 0.15) is 5.56 Å². The highest BCUT2D eigenvalue weighted by Gasteiger charge is 2.34. The molecule has 0 aliphatic carbocycles. The van der Waals surface area contributed by atoms with Crippen LogP contribution in [0.15, 0.2) is 22.7 Å². The summed E-state index contributed by atoms with van der Waals surface area (Å²) in [6.45, 7) is 0. The third-order valence-electron chi connectivity index (χ3n) is 2.40. The average molecular weight is 288 g/mol. The first-order valence-corrected chi connectivity index (χ1v) is 5.20. The van der Waals surface area contributed by atoms with Gasteiger partial charge in [-0.2, -0.15) is 18.2 Å². The number of hydrogen-bond acceptors (Lipinski definition) is 6. The smallest absolute Gasteiger partial charge is 0.355 e. The minimum absolute atomic E-state index is 0.0641. The van der Waals surface area contributed by atoms with Crippen molar-refractivity contribution < 1.29 is 22.6 Å². The van der Waals surface area contributed by atoms with Gasteiger partial charge in [-0.15, -0.1) is 0 Å². The van der Waals surface area contributed by atoms with Crippen molar-refractivity contribution in [1.29, 1.82) is 0 Å². The summed E-state index contributed by atoms with van der Waals surface area (Å²) in [6.07, 6.45) is -4.67. The molecule has 2 aromatic rings. The van der Waals surface area contributed by atoms with E-state index in [0.29, 0.717) is 12.1 Å². The van der Waals surface area contributed by atoms with E-state index >= 15 is 0 Å². The van der Waals surface area contributed by atoms with E-state index in [1.165, 1.54) is 7.05 Å². The van der Waals surface area contributed by atoms with E-state index in [-0.39, 0.29) is 17.4 Å². The average Bonchev–Trinajstić information content (AvgIpc) is 2.85. The largest absolute Gasteiger partial charge is 0.416 e. The zero-order chi connectivity index (χ0) is 14.9. The Balaban J connectivity index is 2.56. The van der Waals surface area contributed by atoms with Gasteiger partial charge in [0.15, 0.2) is 0 Å². The Kier molecular flexibility index (Phi) is 3.30. The monoisotopic (exact) mass is 288 g/mol. The molecule has 10 heteroatoms. The lowest BCUT2D eigenvalue weighted by molar-refractivity contribution is -0.384. The number of rotatable bonds is 3. The molecule has 0 aliphatic rings. The molecule has 1 heterocycles. The molecule has 20 heavy (non-hydrogen) atoms. The molecule has 1 aromatic heterocycles. The molecule has 0 saturated carbocycles. The second-order valence-corrected chi connectivity index (χ2v) is 3.66. The number of nitro benzene ring substituents is 1. The number of halogens is 3. The molecule has 0 aliphatic heterocycles. The SMILES string of the molecule is CNc1noc(-c2ccc(C(F)(F)F)cc2[N+](=O)[O-])n1. The second-order valence-electron chi connectivity index (χ2n) is 3.66. The van der Waals surface area contributed by atoms with Crippen LogP contribution in [0.1, 0.15) is 5.56 Å². The molecule has 106 valence electrons. The molecule has 2 rings (SSSR count). The van der Waals surface area contributed by atoms with Crippen molar-refractivity contribution in [2.75, 3.05) is 12.4 Å². The summed E-state index contributed by atoms with van der Waals surface area (Å²) >= 11 is 0. The minimum atomic E-state index is -4.67. The van der Waals surface area contributed by atoms with E-state index < -0.39 is 22.4 Å². The molecular formula is C10H7F3N4O3. The van der Waals surface area contributed by atoms with Crippen molar-refractivity contribution in [1.82, 2.24) is 10.1 Å². The topological polar surface area (TPSA) is 94.1 Å². The van der Waals surface area contributed by atoms with Crippen molar-refractivity contribution in [2.24, 2.45) is 0 Å². The predicted molar refractivity (Wildman–Crippen MR) is 60.9 cm³/mol. The standard InChI is InChI=1S/C10H7F3N4O3/c1-14-9-15-8(20-16-9)6-3-2-5(10(11,12)13)4-7(6)17(18)19/h2-4H,1H3,(H,14,16). The van der Waals surface area contributed by atoms with E-state index in [4.69, 9.17) is 4.52 Å². The molecule has 1 N–H and O–H groups in total. The number of aromatic nitrogens is 2. The van der Waals surface area contributed by atoms with Crippen LogP contribution in [0.5, 0.6) is 0 Å². The Bertz CT molecular complexity index is 653. The normalized spacial score (nSPS) is 11.4. The van der Waals surface area contributed by atoms with Crippen LogP contribution < -0.4 is 5.32 Å². The van der Waals surface area contributed by atoms with Gasteiger partial charge in [0.2, 0.25) is 0 Å². The first kappa shape index (κ1) is 13.8. The fourth-order valence-electron chi connectivity index (χ4n) is 1.47. The van der Waals surface area contributed by atoms with E-state index in [0.717, 1.165) is 6.07 Å². The van der Waals surface area contributed by atoms with Crippen molar-refractivity contribution in [3.63, 3.8) is 0 Å². The Morgan fingerprint density at radius 3 is 2.60 bits per heavy atom. The zero-order valence-corrected chi connectivity index (χ0v) is 9.93. The van der Waals surface area contributed by atoms with E-state index in [1.54, 1.807) is 0 Å². The molecule has 0 atom stereocenters. The van der Waals surface area contributed by atoms with Gasteiger partial charge in [0.25, 0.3) is 17.5 Å². The minimum Gasteiger partial charge on any atom is -0.355 e. The second kappa shape index (κ2) is 4.79. The molecule has 0 amide bonds. The fourth-order valence-corrected chi connectivity index (χ4v) is 1.47. The number of anilines is 1. The molecule has 1 aromatic carbocycles. The van der Waals surface area contributed by atoms with Gasteiger partial charge in [0, 0.05) is 13.1 Å². The quantitative estimate of drug-likeness (QED) is 0.689. The Morgan fingerprint density at radius 1 is 1.40 bits per heavy atom. The Morgan fingerprint density at radius 2 is 2.10 bits per heavy atom. The first-order valence-electron chi connectivity index (χ1n) is 5.20. The summed E-state index contributed by atoms with van der Waals surface area (Å²) in [5.41, 5.74) is -2.07. The predicted octanol–water partition coefficient (Wildman–Crippen LogP) is 2.71. The van der Waals surface area contributed by atoms with E-state index in [9.17, 15) is 23.3 Å². The number of benzene rings is 1. The van der Waals surface area contributed by atoms with Gasteiger partial charge in [-0.1, -0.05) is 0 Å². The Labute approximate surface area is 109 Å². The molecule has 0 bridgehead atoms. The zero-order valence-electron chi connectivity index (χ0n) is 9.93. The molecule has 7 nitrogen and oxygen atoms in total. The van der Waals surface area contributed by atoms with Crippen LogP contribution in [0, 0.1) is 10.1 Å². The fraction of sp³-hybridized carbons (Fsp3) is 0.200. The van der Waals surface area contributed by atoms with Gasteiger partial charge in [-0.25, -0.2) is 0 Å². The van der Waals surface area contributed by atoms with Crippen molar-refractivity contribution in [2.45, 2.75) is 6.18 Å². The number of nitrogens with one attached hydrogen (secondary N) is 1. The maximum absolute atomic E-state index is 12.5. The maximum Gasteiger partial charge on any atom is 0.416 e. The van der Waals surface area contributed by atoms with Crippen LogP contribution in [0.2, 0.25) is 0 Å². The summed E-state index contributed by atoms with van der Waals surface area (Å²) in [4.78, 5) is 13.7. The van der Waals surface area contributed by atoms with Crippen LogP contribution in [-0.4, -0.2) is 22.1 Å². The number of alkyl halides is 3. The van der Waals surface area contributed by atoms with Crippen LogP contribution in [0.25, 0.3) is 11.5 Å². The van der Waals surface area contributed by atoms with Crippen LogP contribution in [0.4, 0.5) is 24.8 Å². The van der Waals surface area contributed by atoms with Crippen LogP contribution in [0.3, 0.4) is 0 Å². The number of hydrogen-bond donors (Lipinski definition) is 1. The summed E-state index contributed by atoms with van der Waals surface area (Å²) in [5, 5.41) is 16.9.